The van der Waals surface area contributed by atoms with Gasteiger partial charge in [0.1, 0.15) is 5.54 Å². The summed E-state index contributed by atoms with van der Waals surface area (Å²) in [7, 11) is 2.12. The molecule has 0 aromatic carbocycles. The van der Waals surface area contributed by atoms with Crippen LogP contribution in [0.15, 0.2) is 0 Å². The van der Waals surface area contributed by atoms with Crippen molar-refractivity contribution in [3.63, 3.8) is 0 Å². The van der Waals surface area contributed by atoms with E-state index in [2.05, 4.69) is 24.2 Å². The predicted octanol–water partition coefficient (Wildman–Crippen LogP) is 2.09. The molecule has 0 spiro atoms. The lowest BCUT2D eigenvalue weighted by Gasteiger charge is -2.31. The van der Waals surface area contributed by atoms with Gasteiger partial charge in [-0.2, -0.15) is 0 Å². The van der Waals surface area contributed by atoms with Gasteiger partial charge in [0.05, 0.1) is 0 Å². The molecule has 0 aromatic rings. The maximum Gasteiger partial charge on any atom is 0.323 e. The van der Waals surface area contributed by atoms with E-state index in [0.717, 1.165) is 19.5 Å². The number of nitrogens with zero attached hydrogens (tertiary/aromatic N) is 1. The fraction of sp³-hybridized carbons (Fsp3) is 0.929. The van der Waals surface area contributed by atoms with E-state index in [-0.39, 0.29) is 0 Å². The Morgan fingerprint density at radius 3 is 2.56 bits per heavy atom. The molecule has 2 N–H and O–H groups in total. The molecule has 1 atom stereocenters. The maximum atomic E-state index is 11.4. The first-order chi connectivity index (χ1) is 8.49. The average molecular weight is 256 g/mol. The van der Waals surface area contributed by atoms with Crippen molar-refractivity contribution in [2.45, 2.75) is 64.0 Å². The van der Waals surface area contributed by atoms with Crippen LogP contribution in [-0.2, 0) is 4.79 Å². The summed E-state index contributed by atoms with van der Waals surface area (Å²) in [5, 5.41) is 12.5. The van der Waals surface area contributed by atoms with Gasteiger partial charge >= 0.3 is 5.97 Å². The third kappa shape index (κ3) is 4.25. The Morgan fingerprint density at radius 1 is 1.44 bits per heavy atom. The Hall–Kier alpha value is -0.610. The fourth-order valence-corrected chi connectivity index (χ4v) is 2.60. The Labute approximate surface area is 111 Å². The summed E-state index contributed by atoms with van der Waals surface area (Å²) < 4.78 is 0. The third-order valence-corrected chi connectivity index (χ3v) is 4.15. The second kappa shape index (κ2) is 7.10. The van der Waals surface area contributed by atoms with Gasteiger partial charge in [-0.05, 0) is 46.2 Å². The number of nitrogens with one attached hydrogen (secondary N) is 1. The van der Waals surface area contributed by atoms with Crippen molar-refractivity contribution in [2.75, 3.05) is 20.1 Å². The number of carboxylic acid groups (broad SMARTS) is 1. The molecule has 1 saturated carbocycles. The van der Waals surface area contributed by atoms with Gasteiger partial charge in [-0.25, -0.2) is 0 Å². The highest BCUT2D eigenvalue weighted by atomic mass is 16.4. The molecule has 1 rings (SSSR count). The monoisotopic (exact) mass is 256 g/mol. The van der Waals surface area contributed by atoms with E-state index in [0.29, 0.717) is 12.5 Å². The van der Waals surface area contributed by atoms with Gasteiger partial charge in [0.2, 0.25) is 0 Å². The van der Waals surface area contributed by atoms with E-state index < -0.39 is 11.5 Å². The third-order valence-electron chi connectivity index (χ3n) is 4.15. The van der Waals surface area contributed by atoms with E-state index >= 15 is 0 Å². The molecular formula is C14H28N2O2. The average Bonchev–Trinajstić information content (AvgIpc) is 2.87. The van der Waals surface area contributed by atoms with E-state index in [4.69, 9.17) is 0 Å². The van der Waals surface area contributed by atoms with Crippen molar-refractivity contribution in [1.82, 2.24) is 10.2 Å². The van der Waals surface area contributed by atoms with Crippen LogP contribution in [0.3, 0.4) is 0 Å². The Morgan fingerprint density at radius 2 is 2.06 bits per heavy atom. The molecule has 0 heterocycles. The number of carbonyl (C=O) groups is 1. The molecule has 0 bridgehead atoms. The summed E-state index contributed by atoms with van der Waals surface area (Å²) in [6.07, 6.45) is 6.79. The minimum atomic E-state index is -0.789. The highest BCUT2D eigenvalue weighted by Gasteiger charge is 2.33. The molecule has 0 aromatic heterocycles. The lowest BCUT2D eigenvalue weighted by molar-refractivity contribution is -0.144. The lowest BCUT2D eigenvalue weighted by atomic mass is 9.97. The van der Waals surface area contributed by atoms with Crippen molar-refractivity contribution in [1.29, 1.82) is 0 Å². The summed E-state index contributed by atoms with van der Waals surface area (Å²) in [5.74, 6) is -0.740. The van der Waals surface area contributed by atoms with E-state index in [1.807, 2.05) is 0 Å². The standard InChI is InChI=1S/C14H28N2O2/c1-4-10-15-14(2,13(17)18)9-11-16(3)12-7-5-6-8-12/h12,15H,4-11H2,1-3H3,(H,17,18). The molecule has 1 aliphatic carbocycles. The molecule has 0 radical (unpaired) electrons. The van der Waals surface area contributed by atoms with Crippen molar-refractivity contribution < 1.29 is 9.90 Å². The summed E-state index contributed by atoms with van der Waals surface area (Å²) in [6.45, 7) is 5.47. The molecule has 18 heavy (non-hydrogen) atoms. The molecule has 4 nitrogen and oxygen atoms in total. The largest absolute Gasteiger partial charge is 0.480 e. The lowest BCUT2D eigenvalue weighted by Crippen LogP contribution is -2.51. The Bertz CT molecular complexity index is 265. The molecule has 0 amide bonds. The van der Waals surface area contributed by atoms with Crippen LogP contribution in [0.5, 0.6) is 0 Å². The van der Waals surface area contributed by atoms with Gasteiger partial charge < -0.3 is 15.3 Å². The highest BCUT2D eigenvalue weighted by Crippen LogP contribution is 2.23. The minimum Gasteiger partial charge on any atom is -0.480 e. The molecular weight excluding hydrogens is 228 g/mol. The van der Waals surface area contributed by atoms with Crippen molar-refractivity contribution >= 4 is 5.97 Å². The second-order valence-corrected chi connectivity index (χ2v) is 5.73. The number of rotatable bonds is 8. The van der Waals surface area contributed by atoms with Gasteiger partial charge in [0.25, 0.3) is 0 Å². The SMILES string of the molecule is CCCNC(C)(CCN(C)C1CCCC1)C(=O)O. The van der Waals surface area contributed by atoms with E-state index in [9.17, 15) is 9.90 Å². The number of aliphatic carboxylic acids is 1. The summed E-state index contributed by atoms with van der Waals surface area (Å²) in [6, 6.07) is 0.661. The summed E-state index contributed by atoms with van der Waals surface area (Å²) >= 11 is 0. The van der Waals surface area contributed by atoms with Crippen LogP contribution < -0.4 is 5.32 Å². The van der Waals surface area contributed by atoms with Crippen LogP contribution in [-0.4, -0.2) is 47.7 Å². The van der Waals surface area contributed by atoms with Crippen LogP contribution in [0.2, 0.25) is 0 Å². The zero-order chi connectivity index (χ0) is 13.6. The van der Waals surface area contributed by atoms with Crippen molar-refractivity contribution in [2.24, 2.45) is 0 Å². The van der Waals surface area contributed by atoms with Gasteiger partial charge in [-0.3, -0.25) is 4.79 Å². The fourth-order valence-electron chi connectivity index (χ4n) is 2.60. The van der Waals surface area contributed by atoms with Gasteiger partial charge in [-0.1, -0.05) is 19.8 Å². The summed E-state index contributed by atoms with van der Waals surface area (Å²) in [5.41, 5.74) is -0.789. The zero-order valence-corrected chi connectivity index (χ0v) is 12.0. The van der Waals surface area contributed by atoms with Crippen LogP contribution in [0, 0.1) is 0 Å². The van der Waals surface area contributed by atoms with Crippen LogP contribution in [0.25, 0.3) is 0 Å². The quantitative estimate of drug-likeness (QED) is 0.698. The smallest absolute Gasteiger partial charge is 0.323 e. The highest BCUT2D eigenvalue weighted by molar-refractivity contribution is 5.78. The van der Waals surface area contributed by atoms with E-state index in [1.54, 1.807) is 6.92 Å². The van der Waals surface area contributed by atoms with E-state index in [1.165, 1.54) is 25.7 Å². The molecule has 4 heteroatoms. The molecule has 106 valence electrons. The maximum absolute atomic E-state index is 11.4. The first-order valence-electron chi connectivity index (χ1n) is 7.18. The number of hydrogen-bond acceptors (Lipinski definition) is 3. The first kappa shape index (κ1) is 15.4. The topological polar surface area (TPSA) is 52.6 Å². The van der Waals surface area contributed by atoms with Crippen LogP contribution in [0.4, 0.5) is 0 Å². The Balaban J connectivity index is 2.43. The summed E-state index contributed by atoms with van der Waals surface area (Å²) in [4.78, 5) is 13.7. The normalized spacial score (nSPS) is 20.2. The van der Waals surface area contributed by atoms with Gasteiger partial charge in [0.15, 0.2) is 0 Å². The van der Waals surface area contributed by atoms with Crippen molar-refractivity contribution in [3.8, 4) is 0 Å². The molecule has 1 unspecified atom stereocenters. The predicted molar refractivity (Wildman–Crippen MR) is 73.8 cm³/mol. The minimum absolute atomic E-state index is 0.661. The molecule has 1 aliphatic rings. The number of hydrogen-bond donors (Lipinski definition) is 2. The molecule has 1 fully saturated rings. The first-order valence-corrected chi connectivity index (χ1v) is 7.18. The van der Waals surface area contributed by atoms with Crippen LogP contribution >= 0.6 is 0 Å². The second-order valence-electron chi connectivity index (χ2n) is 5.73. The molecule has 0 aliphatic heterocycles. The van der Waals surface area contributed by atoms with Crippen LogP contribution in [0.1, 0.15) is 52.4 Å². The Kier molecular flexibility index (Phi) is 6.09. The zero-order valence-electron chi connectivity index (χ0n) is 12.0. The number of carboxylic acids is 1. The molecule has 0 saturated heterocycles. The van der Waals surface area contributed by atoms with Crippen molar-refractivity contribution in [3.05, 3.63) is 0 Å². The van der Waals surface area contributed by atoms with Gasteiger partial charge in [-0.15, -0.1) is 0 Å². The van der Waals surface area contributed by atoms with Gasteiger partial charge in [0, 0.05) is 12.6 Å².